The molecule has 0 aliphatic rings. The number of aromatic nitrogens is 1. The van der Waals surface area contributed by atoms with E-state index in [9.17, 15) is 8.78 Å². The zero-order valence-electron chi connectivity index (χ0n) is 10.00. The molecule has 94 valence electrons. The van der Waals surface area contributed by atoms with E-state index in [-0.39, 0.29) is 17.0 Å². The number of hydrogen-bond donors (Lipinski definition) is 1. The predicted octanol–water partition coefficient (Wildman–Crippen LogP) is 2.93. The first-order chi connectivity index (χ1) is 8.52. The number of ether oxygens (including phenoxy) is 1. The third-order valence-electron chi connectivity index (χ3n) is 2.63. The monoisotopic (exact) mass is 250 g/mol. The molecule has 0 aliphatic heterocycles. The Morgan fingerprint density at radius 1 is 1.17 bits per heavy atom. The molecule has 2 rings (SSSR count). The lowest BCUT2D eigenvalue weighted by molar-refractivity contribution is 0.407. The Morgan fingerprint density at radius 3 is 2.28 bits per heavy atom. The summed E-state index contributed by atoms with van der Waals surface area (Å²) in [6.07, 6.45) is 0. The molecule has 0 saturated heterocycles. The van der Waals surface area contributed by atoms with Crippen molar-refractivity contribution in [2.45, 2.75) is 6.92 Å². The van der Waals surface area contributed by atoms with Gasteiger partial charge in [-0.2, -0.15) is 0 Å². The van der Waals surface area contributed by atoms with Crippen molar-refractivity contribution >= 4 is 5.69 Å². The van der Waals surface area contributed by atoms with Gasteiger partial charge in [-0.1, -0.05) is 0 Å². The van der Waals surface area contributed by atoms with Crippen molar-refractivity contribution in [2.75, 3.05) is 12.8 Å². The van der Waals surface area contributed by atoms with Crippen molar-refractivity contribution < 1.29 is 13.5 Å². The molecule has 3 nitrogen and oxygen atoms in total. The van der Waals surface area contributed by atoms with E-state index < -0.39 is 11.6 Å². The number of nitrogen functional groups attached to an aromatic ring is 1. The Morgan fingerprint density at radius 2 is 1.78 bits per heavy atom. The van der Waals surface area contributed by atoms with Gasteiger partial charge < -0.3 is 10.5 Å². The van der Waals surface area contributed by atoms with E-state index in [0.29, 0.717) is 11.4 Å². The average molecular weight is 250 g/mol. The Labute approximate surface area is 103 Å². The van der Waals surface area contributed by atoms with Crippen molar-refractivity contribution in [2.24, 2.45) is 0 Å². The molecule has 0 bridgehead atoms. The summed E-state index contributed by atoms with van der Waals surface area (Å²) in [6.45, 7) is 1.68. The molecule has 0 fully saturated rings. The minimum atomic E-state index is -0.719. The van der Waals surface area contributed by atoms with Crippen LogP contribution in [-0.2, 0) is 0 Å². The van der Waals surface area contributed by atoms with Crippen LogP contribution >= 0.6 is 0 Å². The third kappa shape index (κ3) is 2.11. The van der Waals surface area contributed by atoms with Crippen molar-refractivity contribution in [3.05, 3.63) is 41.6 Å². The van der Waals surface area contributed by atoms with Crippen LogP contribution < -0.4 is 10.5 Å². The number of anilines is 1. The highest BCUT2D eigenvalue weighted by Gasteiger charge is 2.15. The number of nitrogens with zero attached hydrogens (tertiary/aromatic N) is 1. The van der Waals surface area contributed by atoms with Crippen molar-refractivity contribution in [3.63, 3.8) is 0 Å². The molecular formula is C13H12F2N2O. The summed E-state index contributed by atoms with van der Waals surface area (Å²) in [5.74, 6) is -1.31. The first kappa shape index (κ1) is 12.3. The number of methoxy groups -OCH3 is 1. The molecule has 0 saturated carbocycles. The molecule has 5 heteroatoms. The number of rotatable bonds is 2. The van der Waals surface area contributed by atoms with Crippen LogP contribution in [0.4, 0.5) is 14.5 Å². The first-order valence-electron chi connectivity index (χ1n) is 5.29. The Balaban J connectivity index is 2.60. The first-order valence-corrected chi connectivity index (χ1v) is 5.29. The Bertz CT molecular complexity index is 577. The molecule has 0 amide bonds. The minimum absolute atomic E-state index is 0.126. The largest absolute Gasteiger partial charge is 0.497 e. The van der Waals surface area contributed by atoms with Gasteiger partial charge in [-0.3, -0.25) is 4.98 Å². The molecule has 1 heterocycles. The number of aryl methyl sites for hydroxylation is 1. The Kier molecular flexibility index (Phi) is 3.14. The maximum Gasteiger partial charge on any atom is 0.139 e. The van der Waals surface area contributed by atoms with Crippen molar-refractivity contribution in [1.82, 2.24) is 4.98 Å². The molecule has 0 aliphatic carbocycles. The summed E-state index contributed by atoms with van der Waals surface area (Å²) in [5.41, 5.74) is 6.65. The second-order valence-electron chi connectivity index (χ2n) is 3.84. The normalized spacial score (nSPS) is 10.4. The SMILES string of the molecule is COc1cc(F)c(-c2ccc(N)c(C)n2)c(F)c1. The van der Waals surface area contributed by atoms with E-state index in [1.54, 1.807) is 13.0 Å². The zero-order valence-corrected chi connectivity index (χ0v) is 10.00. The highest BCUT2D eigenvalue weighted by atomic mass is 19.1. The highest BCUT2D eigenvalue weighted by molar-refractivity contribution is 5.64. The maximum atomic E-state index is 13.8. The van der Waals surface area contributed by atoms with E-state index >= 15 is 0 Å². The minimum Gasteiger partial charge on any atom is -0.497 e. The van der Waals surface area contributed by atoms with Crippen molar-refractivity contribution in [1.29, 1.82) is 0 Å². The lowest BCUT2D eigenvalue weighted by Crippen LogP contribution is -1.98. The van der Waals surface area contributed by atoms with Gasteiger partial charge in [-0.05, 0) is 19.1 Å². The molecule has 0 atom stereocenters. The van der Waals surface area contributed by atoms with Crippen LogP contribution in [0.5, 0.6) is 5.75 Å². The van der Waals surface area contributed by atoms with Gasteiger partial charge in [-0.25, -0.2) is 8.78 Å². The van der Waals surface area contributed by atoms with E-state index in [2.05, 4.69) is 4.98 Å². The second-order valence-corrected chi connectivity index (χ2v) is 3.84. The Hall–Kier alpha value is -2.17. The summed E-state index contributed by atoms with van der Waals surface area (Å²) >= 11 is 0. The molecular weight excluding hydrogens is 238 g/mol. The molecule has 0 spiro atoms. The molecule has 1 aromatic heterocycles. The van der Waals surface area contributed by atoms with E-state index in [1.165, 1.54) is 13.2 Å². The van der Waals surface area contributed by atoms with Gasteiger partial charge in [0.25, 0.3) is 0 Å². The smallest absolute Gasteiger partial charge is 0.139 e. The summed E-state index contributed by atoms with van der Waals surface area (Å²) in [6, 6.07) is 5.29. The van der Waals surface area contributed by atoms with Crippen LogP contribution in [0.3, 0.4) is 0 Å². The second kappa shape index (κ2) is 4.60. The summed E-state index contributed by atoms with van der Waals surface area (Å²) < 4.78 is 32.4. The van der Waals surface area contributed by atoms with Gasteiger partial charge >= 0.3 is 0 Å². The summed E-state index contributed by atoms with van der Waals surface area (Å²) in [4.78, 5) is 4.07. The summed E-state index contributed by atoms with van der Waals surface area (Å²) in [7, 11) is 1.35. The number of benzene rings is 1. The standard InChI is InChI=1S/C13H12F2N2O/c1-7-11(16)3-4-12(17-7)13-9(14)5-8(18-2)6-10(13)15/h3-6H,16H2,1-2H3. The fourth-order valence-electron chi connectivity index (χ4n) is 1.62. The predicted molar refractivity (Wildman–Crippen MR) is 65.3 cm³/mol. The lowest BCUT2D eigenvalue weighted by Gasteiger charge is -2.08. The van der Waals surface area contributed by atoms with Gasteiger partial charge in [0.15, 0.2) is 0 Å². The number of halogens is 2. The van der Waals surface area contributed by atoms with Crippen molar-refractivity contribution in [3.8, 4) is 17.0 Å². The van der Waals surface area contributed by atoms with Crippen LogP contribution in [0.2, 0.25) is 0 Å². The van der Waals surface area contributed by atoms with Crippen LogP contribution in [-0.4, -0.2) is 12.1 Å². The molecule has 2 aromatic rings. The summed E-state index contributed by atoms with van der Waals surface area (Å²) in [5, 5.41) is 0. The number of nitrogens with two attached hydrogens (primary N) is 1. The fraction of sp³-hybridized carbons (Fsp3) is 0.154. The van der Waals surface area contributed by atoms with Crippen LogP contribution in [0, 0.1) is 18.6 Å². The topological polar surface area (TPSA) is 48.1 Å². The molecule has 18 heavy (non-hydrogen) atoms. The van der Waals surface area contributed by atoms with Gasteiger partial charge in [0.1, 0.15) is 17.4 Å². The molecule has 1 aromatic carbocycles. The van der Waals surface area contributed by atoms with Gasteiger partial charge in [0.2, 0.25) is 0 Å². The zero-order chi connectivity index (χ0) is 13.3. The molecule has 2 N–H and O–H groups in total. The quantitative estimate of drug-likeness (QED) is 0.891. The molecule has 0 radical (unpaired) electrons. The number of hydrogen-bond acceptors (Lipinski definition) is 3. The van der Waals surface area contributed by atoms with Gasteiger partial charge in [0, 0.05) is 12.1 Å². The lowest BCUT2D eigenvalue weighted by atomic mass is 10.1. The molecule has 0 unspecified atom stereocenters. The maximum absolute atomic E-state index is 13.8. The third-order valence-corrected chi connectivity index (χ3v) is 2.63. The fourth-order valence-corrected chi connectivity index (χ4v) is 1.62. The van der Waals surface area contributed by atoms with Gasteiger partial charge in [0.05, 0.1) is 29.7 Å². The van der Waals surface area contributed by atoms with Crippen LogP contribution in [0.15, 0.2) is 24.3 Å². The number of pyridine rings is 1. The van der Waals surface area contributed by atoms with Crippen LogP contribution in [0.25, 0.3) is 11.3 Å². The van der Waals surface area contributed by atoms with Crippen LogP contribution in [0.1, 0.15) is 5.69 Å². The van der Waals surface area contributed by atoms with E-state index in [1.807, 2.05) is 0 Å². The van der Waals surface area contributed by atoms with Gasteiger partial charge in [-0.15, -0.1) is 0 Å². The highest BCUT2D eigenvalue weighted by Crippen LogP contribution is 2.29. The van der Waals surface area contributed by atoms with E-state index in [4.69, 9.17) is 10.5 Å². The average Bonchev–Trinajstić information content (AvgIpc) is 2.32. The van der Waals surface area contributed by atoms with E-state index in [0.717, 1.165) is 12.1 Å².